The standard InChI is InChI=1S/C17H13ClFN3O/c1-2-21-11-22(16-6-4-3-5-15(16)21)10-17(23)20-14-8-7-12(19)9-13(14)18/h2-9,11H,1,10H2/p+1. The van der Waals surface area contributed by atoms with Gasteiger partial charge in [-0.2, -0.15) is 0 Å². The van der Waals surface area contributed by atoms with Gasteiger partial charge in [0.25, 0.3) is 5.91 Å². The molecule has 0 aliphatic heterocycles. The Balaban J connectivity index is 1.84. The third-order valence-corrected chi connectivity index (χ3v) is 3.76. The van der Waals surface area contributed by atoms with Crippen molar-refractivity contribution >= 4 is 40.4 Å². The number of hydrogen-bond donors (Lipinski definition) is 1. The number of halogens is 2. The number of amides is 1. The van der Waals surface area contributed by atoms with Gasteiger partial charge in [-0.1, -0.05) is 30.3 Å². The van der Waals surface area contributed by atoms with Crippen molar-refractivity contribution in [3.8, 4) is 0 Å². The van der Waals surface area contributed by atoms with Crippen LogP contribution in [0.5, 0.6) is 0 Å². The molecule has 23 heavy (non-hydrogen) atoms. The molecule has 0 saturated carbocycles. The van der Waals surface area contributed by atoms with E-state index in [9.17, 15) is 9.18 Å². The molecule has 0 aliphatic rings. The SMILES string of the molecule is C=Cn1c[n+](CC(=O)Nc2ccc(F)cc2Cl)c2ccccc21. The average molecular weight is 331 g/mol. The van der Waals surface area contributed by atoms with Crippen LogP contribution in [0, 0.1) is 5.82 Å². The Hall–Kier alpha value is -2.66. The number of nitrogens with one attached hydrogen (secondary N) is 1. The summed E-state index contributed by atoms with van der Waals surface area (Å²) in [5.74, 6) is -0.702. The van der Waals surface area contributed by atoms with Gasteiger partial charge >= 0.3 is 0 Å². The van der Waals surface area contributed by atoms with E-state index in [0.717, 1.165) is 17.1 Å². The summed E-state index contributed by atoms with van der Waals surface area (Å²) in [5.41, 5.74) is 2.24. The van der Waals surface area contributed by atoms with Gasteiger partial charge in [0.05, 0.1) is 16.9 Å². The molecular weight excluding hydrogens is 317 g/mol. The van der Waals surface area contributed by atoms with Crippen molar-refractivity contribution in [2.75, 3.05) is 5.32 Å². The lowest BCUT2D eigenvalue weighted by atomic mass is 10.3. The van der Waals surface area contributed by atoms with Crippen molar-refractivity contribution < 1.29 is 13.8 Å². The molecule has 116 valence electrons. The molecular formula is C17H14ClFN3O+. The molecule has 1 aromatic heterocycles. The van der Waals surface area contributed by atoms with Crippen LogP contribution in [0.4, 0.5) is 10.1 Å². The minimum atomic E-state index is -0.448. The second kappa shape index (κ2) is 6.22. The van der Waals surface area contributed by atoms with Crippen LogP contribution < -0.4 is 9.88 Å². The first-order chi connectivity index (χ1) is 11.1. The zero-order valence-corrected chi connectivity index (χ0v) is 12.9. The zero-order valence-electron chi connectivity index (χ0n) is 12.2. The molecule has 0 atom stereocenters. The number of aromatic nitrogens is 2. The van der Waals surface area contributed by atoms with Crippen LogP contribution in [0.3, 0.4) is 0 Å². The summed E-state index contributed by atoms with van der Waals surface area (Å²) >= 11 is 5.92. The fraction of sp³-hybridized carbons (Fsp3) is 0.0588. The van der Waals surface area contributed by atoms with E-state index in [1.165, 1.54) is 12.1 Å². The number of para-hydroxylation sites is 2. The average Bonchev–Trinajstić information content (AvgIpc) is 2.88. The van der Waals surface area contributed by atoms with Crippen LogP contribution >= 0.6 is 11.6 Å². The summed E-state index contributed by atoms with van der Waals surface area (Å²) in [7, 11) is 0. The molecule has 0 fully saturated rings. The van der Waals surface area contributed by atoms with Gasteiger partial charge in [-0.15, -0.1) is 0 Å². The smallest absolute Gasteiger partial charge is 0.266 e. The van der Waals surface area contributed by atoms with E-state index in [4.69, 9.17) is 11.6 Å². The largest absolute Gasteiger partial charge is 0.321 e. The molecule has 0 spiro atoms. The Kier molecular flexibility index (Phi) is 4.12. The molecule has 1 heterocycles. The number of carbonyl (C=O) groups excluding carboxylic acids is 1. The number of benzene rings is 2. The van der Waals surface area contributed by atoms with Crippen molar-refractivity contribution in [3.63, 3.8) is 0 Å². The highest BCUT2D eigenvalue weighted by molar-refractivity contribution is 6.33. The number of fused-ring (bicyclic) bond motifs is 1. The lowest BCUT2D eigenvalue weighted by molar-refractivity contribution is -0.658. The van der Waals surface area contributed by atoms with Gasteiger partial charge in [0.2, 0.25) is 6.33 Å². The highest BCUT2D eigenvalue weighted by Gasteiger charge is 2.17. The monoisotopic (exact) mass is 330 g/mol. The van der Waals surface area contributed by atoms with Crippen LogP contribution in [0.15, 0.2) is 55.4 Å². The predicted molar refractivity (Wildman–Crippen MR) is 88.6 cm³/mol. The summed E-state index contributed by atoms with van der Waals surface area (Å²) in [6.45, 7) is 3.86. The highest BCUT2D eigenvalue weighted by atomic mass is 35.5. The molecule has 0 aliphatic carbocycles. The van der Waals surface area contributed by atoms with Crippen molar-refractivity contribution in [1.29, 1.82) is 0 Å². The number of nitrogens with zero attached hydrogens (tertiary/aromatic N) is 2. The Morgan fingerprint density at radius 1 is 1.35 bits per heavy atom. The first kappa shape index (κ1) is 15.2. The molecule has 1 N–H and O–H groups in total. The Labute approximate surface area is 137 Å². The van der Waals surface area contributed by atoms with Crippen LogP contribution in [0.25, 0.3) is 17.2 Å². The predicted octanol–water partition coefficient (Wildman–Crippen LogP) is 3.46. The second-order valence-electron chi connectivity index (χ2n) is 4.99. The lowest BCUT2D eigenvalue weighted by Crippen LogP contribution is -2.39. The quantitative estimate of drug-likeness (QED) is 0.731. The fourth-order valence-electron chi connectivity index (χ4n) is 2.41. The lowest BCUT2D eigenvalue weighted by Gasteiger charge is -2.06. The van der Waals surface area contributed by atoms with E-state index in [-0.39, 0.29) is 17.5 Å². The van der Waals surface area contributed by atoms with E-state index in [1.54, 1.807) is 12.5 Å². The van der Waals surface area contributed by atoms with Gasteiger partial charge in [-0.05, 0) is 30.3 Å². The molecule has 6 heteroatoms. The molecule has 3 rings (SSSR count). The van der Waals surface area contributed by atoms with Crippen LogP contribution in [0.2, 0.25) is 5.02 Å². The summed E-state index contributed by atoms with van der Waals surface area (Å²) in [6.07, 6.45) is 3.47. The first-order valence-electron chi connectivity index (χ1n) is 6.95. The topological polar surface area (TPSA) is 37.9 Å². The Morgan fingerprint density at radius 3 is 2.87 bits per heavy atom. The molecule has 1 amide bonds. The third kappa shape index (κ3) is 3.10. The van der Waals surface area contributed by atoms with Crippen molar-refractivity contribution in [2.24, 2.45) is 0 Å². The summed E-state index contributed by atoms with van der Waals surface area (Å²) in [5, 5.41) is 2.85. The van der Waals surface area contributed by atoms with Crippen LogP contribution in [0.1, 0.15) is 0 Å². The minimum Gasteiger partial charge on any atom is -0.321 e. The molecule has 2 aromatic carbocycles. The summed E-state index contributed by atoms with van der Waals surface area (Å²) in [4.78, 5) is 12.2. The van der Waals surface area contributed by atoms with Gasteiger partial charge in [0.15, 0.2) is 17.6 Å². The van der Waals surface area contributed by atoms with E-state index in [0.29, 0.717) is 5.69 Å². The van der Waals surface area contributed by atoms with Crippen molar-refractivity contribution in [3.05, 3.63) is 66.2 Å². The van der Waals surface area contributed by atoms with E-state index >= 15 is 0 Å². The van der Waals surface area contributed by atoms with Gasteiger partial charge in [-0.3, -0.25) is 4.79 Å². The zero-order chi connectivity index (χ0) is 16.4. The van der Waals surface area contributed by atoms with Gasteiger partial charge in [-0.25, -0.2) is 13.5 Å². The third-order valence-electron chi connectivity index (χ3n) is 3.45. The molecule has 0 radical (unpaired) electrons. The van der Waals surface area contributed by atoms with Crippen molar-refractivity contribution in [2.45, 2.75) is 6.54 Å². The van der Waals surface area contributed by atoms with Gasteiger partial charge in [0, 0.05) is 0 Å². The maximum absolute atomic E-state index is 13.0. The second-order valence-corrected chi connectivity index (χ2v) is 5.40. The number of anilines is 1. The van der Waals surface area contributed by atoms with Crippen LogP contribution in [-0.4, -0.2) is 10.5 Å². The minimum absolute atomic E-state index is 0.106. The number of imidazole rings is 1. The number of carbonyl (C=O) groups is 1. The molecule has 0 saturated heterocycles. The molecule has 0 bridgehead atoms. The normalized spacial score (nSPS) is 10.7. The molecule has 0 unspecified atom stereocenters. The maximum Gasteiger partial charge on any atom is 0.266 e. The summed E-state index contributed by atoms with van der Waals surface area (Å²) < 4.78 is 16.7. The molecule has 3 aromatic rings. The van der Waals surface area contributed by atoms with E-state index in [2.05, 4.69) is 11.9 Å². The Bertz CT molecular complexity index is 904. The van der Waals surface area contributed by atoms with Crippen LogP contribution in [-0.2, 0) is 11.3 Å². The highest BCUT2D eigenvalue weighted by Crippen LogP contribution is 2.22. The van der Waals surface area contributed by atoms with Crippen molar-refractivity contribution in [1.82, 2.24) is 4.57 Å². The van der Waals surface area contributed by atoms with Gasteiger partial charge in [0.1, 0.15) is 5.82 Å². The number of rotatable bonds is 4. The fourth-order valence-corrected chi connectivity index (χ4v) is 2.62. The Morgan fingerprint density at radius 2 is 2.13 bits per heavy atom. The van der Waals surface area contributed by atoms with Gasteiger partial charge < -0.3 is 5.32 Å². The molecule has 4 nitrogen and oxygen atoms in total. The number of hydrogen-bond acceptors (Lipinski definition) is 1. The van der Waals surface area contributed by atoms with E-state index in [1.807, 2.05) is 33.4 Å². The maximum atomic E-state index is 13.0. The van der Waals surface area contributed by atoms with E-state index < -0.39 is 5.82 Å². The first-order valence-corrected chi connectivity index (χ1v) is 7.33. The summed E-state index contributed by atoms with van der Waals surface area (Å²) in [6, 6.07) is 11.5.